The SMILES string of the molecule is CC(NC(=O)CCCn1c(=O)oc2ccccc21)c1ccc(OC(F)(F)F)cc1. The lowest BCUT2D eigenvalue weighted by Crippen LogP contribution is -2.27. The highest BCUT2D eigenvalue weighted by molar-refractivity contribution is 5.76. The Kier molecular flexibility index (Phi) is 5.95. The monoisotopic (exact) mass is 408 g/mol. The number of aryl methyl sites for hydroxylation is 1. The van der Waals surface area contributed by atoms with E-state index in [0.717, 1.165) is 0 Å². The Bertz CT molecular complexity index is 1040. The van der Waals surface area contributed by atoms with Gasteiger partial charge in [-0.3, -0.25) is 9.36 Å². The fraction of sp³-hybridized carbons (Fsp3) is 0.300. The Balaban J connectivity index is 1.51. The van der Waals surface area contributed by atoms with Crippen molar-refractivity contribution in [3.05, 3.63) is 64.6 Å². The number of nitrogens with zero attached hydrogens (tertiary/aromatic N) is 1. The first-order valence-electron chi connectivity index (χ1n) is 8.96. The van der Waals surface area contributed by atoms with Gasteiger partial charge < -0.3 is 14.5 Å². The van der Waals surface area contributed by atoms with Gasteiger partial charge in [-0.05, 0) is 43.2 Å². The summed E-state index contributed by atoms with van der Waals surface area (Å²) in [6.45, 7) is 2.06. The van der Waals surface area contributed by atoms with Gasteiger partial charge in [0.1, 0.15) is 5.75 Å². The molecule has 0 saturated heterocycles. The summed E-state index contributed by atoms with van der Waals surface area (Å²) in [5.41, 5.74) is 1.81. The highest BCUT2D eigenvalue weighted by Crippen LogP contribution is 2.24. The number of hydrogen-bond donors (Lipinski definition) is 1. The van der Waals surface area contributed by atoms with Crippen molar-refractivity contribution in [3.63, 3.8) is 0 Å². The van der Waals surface area contributed by atoms with Gasteiger partial charge in [0.05, 0.1) is 11.6 Å². The van der Waals surface area contributed by atoms with Gasteiger partial charge in [0.15, 0.2) is 5.58 Å². The number of amides is 1. The van der Waals surface area contributed by atoms with E-state index in [1.54, 1.807) is 31.2 Å². The van der Waals surface area contributed by atoms with Crippen LogP contribution < -0.4 is 15.8 Å². The molecule has 1 aromatic heterocycles. The van der Waals surface area contributed by atoms with E-state index < -0.39 is 12.1 Å². The van der Waals surface area contributed by atoms with Crippen molar-refractivity contribution in [2.24, 2.45) is 0 Å². The molecule has 0 saturated carbocycles. The molecule has 0 radical (unpaired) electrons. The third kappa shape index (κ3) is 5.40. The van der Waals surface area contributed by atoms with Crippen LogP contribution in [0.2, 0.25) is 0 Å². The van der Waals surface area contributed by atoms with Crippen molar-refractivity contribution < 1.29 is 27.1 Å². The normalized spacial score (nSPS) is 12.7. The highest BCUT2D eigenvalue weighted by atomic mass is 19.4. The number of rotatable bonds is 7. The Morgan fingerprint density at radius 3 is 2.55 bits per heavy atom. The summed E-state index contributed by atoms with van der Waals surface area (Å²) in [7, 11) is 0. The number of fused-ring (bicyclic) bond motifs is 1. The standard InChI is InChI=1S/C20H19F3N2O4/c1-13(14-8-10-15(11-9-14)29-20(21,22)23)24-18(26)7-4-12-25-16-5-2-3-6-17(16)28-19(25)27/h2-3,5-6,8-11,13H,4,7,12H2,1H3,(H,24,26). The summed E-state index contributed by atoms with van der Waals surface area (Å²) in [6.07, 6.45) is -4.13. The van der Waals surface area contributed by atoms with E-state index in [4.69, 9.17) is 4.42 Å². The summed E-state index contributed by atoms with van der Waals surface area (Å²) in [5, 5.41) is 2.78. The number of aromatic nitrogens is 1. The Morgan fingerprint density at radius 1 is 1.17 bits per heavy atom. The number of carbonyl (C=O) groups is 1. The minimum Gasteiger partial charge on any atom is -0.408 e. The molecule has 9 heteroatoms. The molecule has 0 bridgehead atoms. The molecule has 6 nitrogen and oxygen atoms in total. The first-order valence-corrected chi connectivity index (χ1v) is 8.96. The largest absolute Gasteiger partial charge is 0.573 e. The van der Waals surface area contributed by atoms with Crippen LogP contribution >= 0.6 is 0 Å². The Labute approximate surface area is 163 Å². The van der Waals surface area contributed by atoms with Gasteiger partial charge in [0.2, 0.25) is 5.91 Å². The number of oxazole rings is 1. The number of benzene rings is 2. The van der Waals surface area contributed by atoms with Crippen molar-refractivity contribution in [3.8, 4) is 5.75 Å². The fourth-order valence-electron chi connectivity index (χ4n) is 2.98. The number of carbonyl (C=O) groups excluding carboxylic acids is 1. The zero-order valence-corrected chi connectivity index (χ0v) is 15.5. The highest BCUT2D eigenvalue weighted by Gasteiger charge is 2.31. The average molecular weight is 408 g/mol. The number of para-hydroxylation sites is 2. The number of ether oxygens (including phenoxy) is 1. The average Bonchev–Trinajstić information content (AvgIpc) is 2.96. The van der Waals surface area contributed by atoms with E-state index in [0.29, 0.717) is 29.6 Å². The number of halogens is 3. The molecular formula is C20H19F3N2O4. The van der Waals surface area contributed by atoms with Crippen LogP contribution in [0.5, 0.6) is 5.75 Å². The molecule has 1 N–H and O–H groups in total. The second-order valence-corrected chi connectivity index (χ2v) is 6.50. The molecule has 1 heterocycles. The summed E-state index contributed by atoms with van der Waals surface area (Å²) >= 11 is 0. The molecule has 1 amide bonds. The first kappa shape index (κ1) is 20.5. The van der Waals surface area contributed by atoms with Crippen LogP contribution in [-0.2, 0) is 11.3 Å². The van der Waals surface area contributed by atoms with Gasteiger partial charge in [-0.25, -0.2) is 4.79 Å². The summed E-state index contributed by atoms with van der Waals surface area (Å²) < 4.78 is 47.0. The molecule has 0 aliphatic heterocycles. The van der Waals surface area contributed by atoms with Crippen molar-refractivity contribution in [2.75, 3.05) is 0 Å². The van der Waals surface area contributed by atoms with Crippen LogP contribution in [-0.4, -0.2) is 16.8 Å². The zero-order chi connectivity index (χ0) is 21.0. The smallest absolute Gasteiger partial charge is 0.408 e. The molecule has 3 aromatic rings. The molecular weight excluding hydrogens is 389 g/mol. The van der Waals surface area contributed by atoms with Gasteiger partial charge in [0.25, 0.3) is 0 Å². The summed E-state index contributed by atoms with van der Waals surface area (Å²) in [5.74, 6) is -1.02. The van der Waals surface area contributed by atoms with Gasteiger partial charge in [0, 0.05) is 13.0 Å². The van der Waals surface area contributed by atoms with Crippen molar-refractivity contribution in [2.45, 2.75) is 38.7 Å². The van der Waals surface area contributed by atoms with Crippen molar-refractivity contribution in [1.29, 1.82) is 0 Å². The lowest BCUT2D eigenvalue weighted by atomic mass is 10.1. The second-order valence-electron chi connectivity index (χ2n) is 6.50. The van der Waals surface area contributed by atoms with E-state index in [2.05, 4.69) is 10.1 Å². The quantitative estimate of drug-likeness (QED) is 0.637. The first-order chi connectivity index (χ1) is 13.7. The van der Waals surface area contributed by atoms with Crippen LogP contribution in [0.4, 0.5) is 13.2 Å². The Morgan fingerprint density at radius 2 is 1.86 bits per heavy atom. The van der Waals surface area contributed by atoms with Crippen LogP contribution in [0.15, 0.2) is 57.7 Å². The third-order valence-corrected chi connectivity index (χ3v) is 4.35. The van der Waals surface area contributed by atoms with Gasteiger partial charge in [-0.1, -0.05) is 24.3 Å². The number of alkyl halides is 3. The molecule has 154 valence electrons. The number of hydrogen-bond acceptors (Lipinski definition) is 4. The van der Waals surface area contributed by atoms with E-state index in [1.807, 2.05) is 0 Å². The molecule has 0 spiro atoms. The molecule has 29 heavy (non-hydrogen) atoms. The molecule has 2 aromatic carbocycles. The lowest BCUT2D eigenvalue weighted by molar-refractivity contribution is -0.274. The van der Waals surface area contributed by atoms with Crippen LogP contribution in [0, 0.1) is 0 Å². The fourth-order valence-corrected chi connectivity index (χ4v) is 2.98. The predicted molar refractivity (Wildman–Crippen MR) is 99.4 cm³/mol. The topological polar surface area (TPSA) is 73.5 Å². The summed E-state index contributed by atoms with van der Waals surface area (Å²) in [4.78, 5) is 24.1. The van der Waals surface area contributed by atoms with Gasteiger partial charge in [-0.15, -0.1) is 13.2 Å². The maximum absolute atomic E-state index is 12.2. The maximum Gasteiger partial charge on any atom is 0.573 e. The van der Waals surface area contributed by atoms with Gasteiger partial charge >= 0.3 is 12.1 Å². The van der Waals surface area contributed by atoms with Gasteiger partial charge in [-0.2, -0.15) is 0 Å². The van der Waals surface area contributed by atoms with Crippen molar-refractivity contribution in [1.82, 2.24) is 9.88 Å². The molecule has 0 aliphatic carbocycles. The lowest BCUT2D eigenvalue weighted by Gasteiger charge is -2.15. The van der Waals surface area contributed by atoms with Crippen LogP contribution in [0.1, 0.15) is 31.4 Å². The molecule has 1 atom stereocenters. The molecule has 0 aliphatic rings. The molecule has 3 rings (SSSR count). The van der Waals surface area contributed by atoms with E-state index in [1.165, 1.54) is 28.8 Å². The Hall–Kier alpha value is -3.23. The molecule has 0 fully saturated rings. The van der Waals surface area contributed by atoms with Crippen molar-refractivity contribution >= 4 is 17.0 Å². The van der Waals surface area contributed by atoms with Crippen LogP contribution in [0.25, 0.3) is 11.1 Å². The molecule has 1 unspecified atom stereocenters. The zero-order valence-electron chi connectivity index (χ0n) is 15.5. The maximum atomic E-state index is 12.2. The predicted octanol–water partition coefficient (Wildman–Crippen LogP) is 4.15. The van der Waals surface area contributed by atoms with E-state index in [-0.39, 0.29) is 24.1 Å². The van der Waals surface area contributed by atoms with Crippen LogP contribution in [0.3, 0.4) is 0 Å². The third-order valence-electron chi connectivity index (χ3n) is 4.35. The van der Waals surface area contributed by atoms with E-state index >= 15 is 0 Å². The minimum absolute atomic E-state index is 0.186. The second kappa shape index (κ2) is 8.42. The number of nitrogens with one attached hydrogen (secondary N) is 1. The van der Waals surface area contributed by atoms with E-state index in [9.17, 15) is 22.8 Å². The minimum atomic E-state index is -4.75. The summed E-state index contributed by atoms with van der Waals surface area (Å²) in [6, 6.07) is 12.0.